The Morgan fingerprint density at radius 2 is 2.06 bits per heavy atom. The highest BCUT2D eigenvalue weighted by Crippen LogP contribution is 2.35. The summed E-state index contributed by atoms with van der Waals surface area (Å²) in [6, 6.07) is 0. The minimum atomic E-state index is -4.41. The molecule has 1 aliphatic rings. The molecule has 0 unspecified atom stereocenters. The number of imidazole rings is 1. The van der Waals surface area contributed by atoms with Crippen LogP contribution in [0.15, 0.2) is 16.7 Å². The molecule has 0 aliphatic heterocycles. The molecule has 0 saturated heterocycles. The van der Waals surface area contributed by atoms with Crippen molar-refractivity contribution in [2.45, 2.75) is 19.5 Å². The number of rotatable bonds is 0. The maximum atomic E-state index is 12.7. The Kier molecular flexibility index (Phi) is 2.58. The van der Waals surface area contributed by atoms with E-state index in [2.05, 4.69) is 9.97 Å². The molecular weight excluding hydrogens is 241 g/mol. The quantitative estimate of drug-likeness (QED) is 0.749. The van der Waals surface area contributed by atoms with Crippen LogP contribution in [0.2, 0.25) is 0 Å². The molecule has 1 aromatic heterocycles. The molecule has 1 aromatic rings. The lowest BCUT2D eigenvalue weighted by atomic mass is 10.1. The van der Waals surface area contributed by atoms with Crippen molar-refractivity contribution in [2.24, 2.45) is 0 Å². The minimum absolute atomic E-state index is 0.272. The number of fused-ring (bicyclic) bond motifs is 1. The van der Waals surface area contributed by atoms with Crippen molar-refractivity contribution in [3.05, 3.63) is 33.9 Å². The normalized spacial score (nSPS) is 16.3. The number of aromatic nitrogens is 2. The van der Waals surface area contributed by atoms with Crippen molar-refractivity contribution in [1.82, 2.24) is 9.97 Å². The van der Waals surface area contributed by atoms with E-state index in [4.69, 9.17) is 11.6 Å². The van der Waals surface area contributed by atoms with Gasteiger partial charge in [0.25, 0.3) is 0 Å². The van der Waals surface area contributed by atoms with Crippen LogP contribution >= 0.6 is 11.6 Å². The second kappa shape index (κ2) is 3.66. The first kappa shape index (κ1) is 11.3. The van der Waals surface area contributed by atoms with E-state index in [-0.39, 0.29) is 11.5 Å². The zero-order valence-corrected chi connectivity index (χ0v) is 9.08. The van der Waals surface area contributed by atoms with Crippen molar-refractivity contribution in [3.8, 4) is 0 Å². The summed E-state index contributed by atoms with van der Waals surface area (Å²) in [4.78, 5) is 6.87. The number of aryl methyl sites for hydroxylation is 1. The lowest BCUT2D eigenvalue weighted by molar-refractivity contribution is -0.0934. The molecule has 0 spiro atoms. The summed E-state index contributed by atoms with van der Waals surface area (Å²) in [6.07, 6.45) is -1.97. The largest absolute Gasteiger partial charge is 0.414 e. The summed E-state index contributed by atoms with van der Waals surface area (Å²) in [7, 11) is 0. The Hall–Kier alpha value is -1.23. The molecular formula is C10H8ClF3N2. The molecule has 1 N–H and O–H groups in total. The standard InChI is InChI=1S/C10H8ClF3N2/c1-5-15-8-3-2-7(11)6(10(12,13)14)4-9(8)16-5/h2-3H,4H2,1H3,(H,15,16). The number of aromatic amines is 1. The predicted octanol–water partition coefficient (Wildman–Crippen LogP) is 3.34. The molecule has 0 saturated carbocycles. The van der Waals surface area contributed by atoms with E-state index in [1.165, 1.54) is 12.2 Å². The molecule has 0 aromatic carbocycles. The second-order valence-corrected chi connectivity index (χ2v) is 3.93. The molecule has 0 amide bonds. The van der Waals surface area contributed by atoms with Crippen LogP contribution in [-0.2, 0) is 6.42 Å². The average molecular weight is 249 g/mol. The summed E-state index contributed by atoms with van der Waals surface area (Å²) in [6.45, 7) is 1.70. The zero-order chi connectivity index (χ0) is 11.9. The molecule has 2 rings (SSSR count). The molecule has 1 aliphatic carbocycles. The molecule has 0 fully saturated rings. The Labute approximate surface area is 94.8 Å². The van der Waals surface area contributed by atoms with Crippen molar-refractivity contribution in [1.29, 1.82) is 0 Å². The summed E-state index contributed by atoms with van der Waals surface area (Å²) in [5, 5.41) is -0.281. The van der Waals surface area contributed by atoms with Gasteiger partial charge in [0.2, 0.25) is 0 Å². The molecule has 16 heavy (non-hydrogen) atoms. The molecule has 86 valence electrons. The molecule has 0 radical (unpaired) electrons. The molecule has 1 heterocycles. The van der Waals surface area contributed by atoms with Gasteiger partial charge in [-0.1, -0.05) is 11.6 Å². The van der Waals surface area contributed by atoms with E-state index in [1.54, 1.807) is 6.92 Å². The third-order valence-corrected chi connectivity index (χ3v) is 2.65. The molecule has 2 nitrogen and oxygen atoms in total. The first-order valence-electron chi connectivity index (χ1n) is 4.57. The maximum absolute atomic E-state index is 12.7. The maximum Gasteiger partial charge on any atom is 0.414 e. The lowest BCUT2D eigenvalue weighted by Gasteiger charge is -2.11. The van der Waals surface area contributed by atoms with E-state index < -0.39 is 11.7 Å². The van der Waals surface area contributed by atoms with Crippen molar-refractivity contribution in [2.75, 3.05) is 0 Å². The van der Waals surface area contributed by atoms with Gasteiger partial charge in [-0.25, -0.2) is 4.98 Å². The average Bonchev–Trinajstić information content (AvgIpc) is 2.42. The second-order valence-electron chi connectivity index (χ2n) is 3.52. The van der Waals surface area contributed by atoms with Crippen molar-refractivity contribution >= 4 is 17.7 Å². The van der Waals surface area contributed by atoms with Gasteiger partial charge in [0.15, 0.2) is 0 Å². The van der Waals surface area contributed by atoms with Gasteiger partial charge in [0.05, 0.1) is 11.3 Å². The summed E-state index contributed by atoms with van der Waals surface area (Å²) >= 11 is 5.59. The number of halogens is 4. The van der Waals surface area contributed by atoms with Gasteiger partial charge < -0.3 is 4.98 Å². The van der Waals surface area contributed by atoms with E-state index in [9.17, 15) is 13.2 Å². The van der Waals surface area contributed by atoms with Gasteiger partial charge in [-0.3, -0.25) is 0 Å². The summed E-state index contributed by atoms with van der Waals surface area (Å²) < 4.78 is 38.0. The highest BCUT2D eigenvalue weighted by Gasteiger charge is 2.36. The van der Waals surface area contributed by atoms with Crippen LogP contribution in [0.5, 0.6) is 0 Å². The zero-order valence-electron chi connectivity index (χ0n) is 8.32. The SMILES string of the molecule is Cc1nc2c([nH]1)CC(C(F)(F)F)=C(Cl)C=C2. The number of nitrogens with one attached hydrogen (secondary N) is 1. The number of allylic oxidation sites excluding steroid dienone is 3. The minimum Gasteiger partial charge on any atom is -0.345 e. The highest BCUT2D eigenvalue weighted by molar-refractivity contribution is 6.32. The molecule has 6 heteroatoms. The van der Waals surface area contributed by atoms with Crippen LogP contribution in [-0.4, -0.2) is 16.1 Å². The summed E-state index contributed by atoms with van der Waals surface area (Å²) in [5.41, 5.74) is 0.208. The van der Waals surface area contributed by atoms with E-state index >= 15 is 0 Å². The van der Waals surface area contributed by atoms with Gasteiger partial charge in [0, 0.05) is 17.1 Å². The first-order chi connectivity index (χ1) is 7.38. The van der Waals surface area contributed by atoms with Gasteiger partial charge >= 0.3 is 6.18 Å². The van der Waals surface area contributed by atoms with Gasteiger partial charge in [-0.05, 0) is 19.1 Å². The van der Waals surface area contributed by atoms with Gasteiger partial charge in [0.1, 0.15) is 5.82 Å². The highest BCUT2D eigenvalue weighted by atomic mass is 35.5. The van der Waals surface area contributed by atoms with Crippen LogP contribution < -0.4 is 0 Å². The first-order valence-corrected chi connectivity index (χ1v) is 4.95. The van der Waals surface area contributed by atoms with Crippen LogP contribution in [0.4, 0.5) is 13.2 Å². The molecule has 0 bridgehead atoms. The monoisotopic (exact) mass is 248 g/mol. The fourth-order valence-corrected chi connectivity index (χ4v) is 1.82. The lowest BCUT2D eigenvalue weighted by Crippen LogP contribution is -2.15. The fourth-order valence-electron chi connectivity index (χ4n) is 1.58. The number of nitrogens with zero attached hydrogens (tertiary/aromatic N) is 1. The van der Waals surface area contributed by atoms with Gasteiger partial charge in [-0.2, -0.15) is 13.2 Å². The van der Waals surface area contributed by atoms with E-state index in [0.717, 1.165) is 0 Å². The fraction of sp³-hybridized carbons (Fsp3) is 0.300. The Morgan fingerprint density at radius 3 is 2.69 bits per heavy atom. The number of hydrogen-bond acceptors (Lipinski definition) is 1. The Bertz CT molecular complexity index is 483. The van der Waals surface area contributed by atoms with Crippen LogP contribution in [0, 0.1) is 6.92 Å². The van der Waals surface area contributed by atoms with E-state index in [1.807, 2.05) is 0 Å². The number of hydrogen-bond donors (Lipinski definition) is 1. The predicted molar refractivity (Wildman–Crippen MR) is 55.0 cm³/mol. The number of alkyl halides is 3. The topological polar surface area (TPSA) is 28.7 Å². The third-order valence-electron chi connectivity index (χ3n) is 2.30. The Morgan fingerprint density at radius 1 is 1.38 bits per heavy atom. The van der Waals surface area contributed by atoms with Crippen LogP contribution in [0.25, 0.3) is 6.08 Å². The smallest absolute Gasteiger partial charge is 0.345 e. The van der Waals surface area contributed by atoms with Crippen molar-refractivity contribution < 1.29 is 13.2 Å². The molecule has 0 atom stereocenters. The van der Waals surface area contributed by atoms with Gasteiger partial charge in [-0.15, -0.1) is 0 Å². The number of H-pyrrole nitrogens is 1. The summed E-state index contributed by atoms with van der Waals surface area (Å²) in [5.74, 6) is 0.592. The van der Waals surface area contributed by atoms with Crippen LogP contribution in [0.1, 0.15) is 17.2 Å². The Balaban J connectivity index is 2.48. The van der Waals surface area contributed by atoms with Crippen molar-refractivity contribution in [3.63, 3.8) is 0 Å². The third kappa shape index (κ3) is 2.00. The van der Waals surface area contributed by atoms with E-state index in [0.29, 0.717) is 17.2 Å². The van der Waals surface area contributed by atoms with Crippen LogP contribution in [0.3, 0.4) is 0 Å².